The van der Waals surface area contributed by atoms with E-state index in [9.17, 15) is 5.11 Å². The zero-order chi connectivity index (χ0) is 21.9. The smallest absolute Gasteiger partial charge is 0.208 e. The molecule has 1 aromatic heterocycles. The van der Waals surface area contributed by atoms with E-state index in [2.05, 4.69) is 41.3 Å². The highest BCUT2D eigenvalue weighted by Crippen LogP contribution is 2.19. The Hall–Kier alpha value is -1.60. The summed E-state index contributed by atoms with van der Waals surface area (Å²) in [4.78, 5) is 11.7. The van der Waals surface area contributed by atoms with Gasteiger partial charge in [-0.1, -0.05) is 13.8 Å². The minimum absolute atomic E-state index is 0.238. The third-order valence-corrected chi connectivity index (χ3v) is 5.89. The Morgan fingerprint density at radius 1 is 1.27 bits per heavy atom. The molecule has 1 atom stereocenters. The summed E-state index contributed by atoms with van der Waals surface area (Å²) in [7, 11) is 0. The molecule has 0 saturated carbocycles. The van der Waals surface area contributed by atoms with Crippen LogP contribution in [-0.4, -0.2) is 60.3 Å². The number of aromatic nitrogens is 1. The summed E-state index contributed by atoms with van der Waals surface area (Å²) in [6.07, 6.45) is 4.27. The van der Waals surface area contributed by atoms with Gasteiger partial charge < -0.3 is 20.2 Å². The Bertz CT molecular complexity index is 616. The van der Waals surface area contributed by atoms with Crippen molar-refractivity contribution in [3.63, 3.8) is 0 Å². The molecule has 0 spiro atoms. The maximum Gasteiger partial charge on any atom is 0.208 e. The van der Waals surface area contributed by atoms with E-state index in [1.54, 1.807) is 0 Å². The molecule has 1 saturated heterocycles. The Labute approximate surface area is 182 Å². The number of nitrogens with one attached hydrogen (secondary N) is 2. The molecule has 7 nitrogen and oxygen atoms in total. The van der Waals surface area contributed by atoms with Gasteiger partial charge >= 0.3 is 0 Å². The van der Waals surface area contributed by atoms with Gasteiger partial charge in [-0.15, -0.1) is 0 Å². The number of likely N-dealkylation sites (tertiary alicyclic amines) is 1. The van der Waals surface area contributed by atoms with E-state index in [0.29, 0.717) is 17.8 Å². The van der Waals surface area contributed by atoms with Crippen LogP contribution in [0.1, 0.15) is 63.8 Å². The van der Waals surface area contributed by atoms with Crippen molar-refractivity contribution in [1.29, 1.82) is 0 Å². The van der Waals surface area contributed by atoms with Crippen molar-refractivity contribution in [1.82, 2.24) is 20.5 Å². The number of aliphatic imine (C=N–C) groups is 1. The number of aryl methyl sites for hydroxylation is 2. The van der Waals surface area contributed by atoms with Crippen LogP contribution >= 0.6 is 0 Å². The maximum absolute atomic E-state index is 9.33. The lowest BCUT2D eigenvalue weighted by Gasteiger charge is -2.31. The van der Waals surface area contributed by atoms with E-state index in [4.69, 9.17) is 9.41 Å². The number of guanidine groups is 1. The second-order valence-electron chi connectivity index (χ2n) is 9.08. The van der Waals surface area contributed by atoms with E-state index in [1.165, 1.54) is 12.8 Å². The molecule has 0 aliphatic carbocycles. The fraction of sp³-hybridized carbons (Fsp3) is 0.826. The van der Waals surface area contributed by atoms with Crippen molar-refractivity contribution in [3.8, 4) is 0 Å². The molecule has 3 N–H and O–H groups in total. The minimum Gasteiger partial charge on any atom is -0.444 e. The average Bonchev–Trinajstić information content (AvgIpc) is 3.01. The molecule has 0 amide bonds. The number of nitrogens with zero attached hydrogens (tertiary/aromatic N) is 3. The standard InChI is InChI=1S/C23H43N5O2/c1-6-24-23(26-15-21(9-12-29)13-17(2)3)25-14-20-7-10-28(11-8-20)16-22-27-18(4)19(5)30-22/h17,20-21,29H,6-16H2,1-5H3,(H2,24,25,26). The molecule has 0 bridgehead atoms. The number of hydrogen-bond donors (Lipinski definition) is 3. The molecule has 172 valence electrons. The van der Waals surface area contributed by atoms with Crippen molar-refractivity contribution in [2.75, 3.05) is 39.3 Å². The average molecular weight is 422 g/mol. The highest BCUT2D eigenvalue weighted by atomic mass is 16.4. The third-order valence-electron chi connectivity index (χ3n) is 5.89. The quantitative estimate of drug-likeness (QED) is 0.376. The van der Waals surface area contributed by atoms with Crippen LogP contribution in [0, 0.1) is 31.6 Å². The molecule has 2 rings (SSSR count). The minimum atomic E-state index is 0.238. The van der Waals surface area contributed by atoms with Crippen molar-refractivity contribution >= 4 is 5.96 Å². The summed E-state index contributed by atoms with van der Waals surface area (Å²) >= 11 is 0. The Morgan fingerprint density at radius 3 is 2.57 bits per heavy atom. The summed E-state index contributed by atoms with van der Waals surface area (Å²) in [5, 5.41) is 16.2. The van der Waals surface area contributed by atoms with Gasteiger partial charge in [0, 0.05) is 26.2 Å². The Morgan fingerprint density at radius 2 is 2.00 bits per heavy atom. The van der Waals surface area contributed by atoms with E-state index in [0.717, 1.165) is 75.4 Å². The molecule has 7 heteroatoms. The fourth-order valence-corrected chi connectivity index (χ4v) is 4.08. The summed E-state index contributed by atoms with van der Waals surface area (Å²) in [6, 6.07) is 0. The first-order valence-corrected chi connectivity index (χ1v) is 11.7. The SMILES string of the molecule is CCNC(=NCC(CCO)CC(C)C)NCC1CCN(Cc2nc(C)c(C)o2)CC1. The van der Waals surface area contributed by atoms with Gasteiger partial charge in [-0.3, -0.25) is 9.89 Å². The molecule has 1 fully saturated rings. The van der Waals surface area contributed by atoms with E-state index in [1.807, 2.05) is 13.8 Å². The van der Waals surface area contributed by atoms with Crippen molar-refractivity contribution in [2.45, 2.75) is 66.8 Å². The van der Waals surface area contributed by atoms with Crippen molar-refractivity contribution in [3.05, 3.63) is 17.3 Å². The van der Waals surface area contributed by atoms with Crippen LogP contribution in [0.5, 0.6) is 0 Å². The molecular weight excluding hydrogens is 378 g/mol. The molecule has 1 unspecified atom stereocenters. The van der Waals surface area contributed by atoms with Gasteiger partial charge in [-0.2, -0.15) is 0 Å². The molecule has 0 radical (unpaired) electrons. The number of aliphatic hydroxyl groups excluding tert-OH is 1. The molecule has 0 aromatic carbocycles. The summed E-state index contributed by atoms with van der Waals surface area (Å²) < 4.78 is 5.73. The Balaban J connectivity index is 1.76. The monoisotopic (exact) mass is 421 g/mol. The fourth-order valence-electron chi connectivity index (χ4n) is 4.08. The summed E-state index contributed by atoms with van der Waals surface area (Å²) in [5.41, 5.74) is 0.994. The zero-order valence-electron chi connectivity index (χ0n) is 19.7. The molecular formula is C23H43N5O2. The van der Waals surface area contributed by atoms with Gasteiger partial charge in [0.15, 0.2) is 5.96 Å². The number of hydrogen-bond acceptors (Lipinski definition) is 5. The van der Waals surface area contributed by atoms with E-state index < -0.39 is 0 Å². The zero-order valence-corrected chi connectivity index (χ0v) is 19.7. The van der Waals surface area contributed by atoms with Gasteiger partial charge in [0.25, 0.3) is 0 Å². The molecule has 30 heavy (non-hydrogen) atoms. The van der Waals surface area contributed by atoms with Gasteiger partial charge in [-0.25, -0.2) is 4.98 Å². The summed E-state index contributed by atoms with van der Waals surface area (Å²) in [5.74, 6) is 4.38. The second kappa shape index (κ2) is 13.0. The highest BCUT2D eigenvalue weighted by molar-refractivity contribution is 5.79. The lowest BCUT2D eigenvalue weighted by Crippen LogP contribution is -2.43. The highest BCUT2D eigenvalue weighted by Gasteiger charge is 2.21. The first-order chi connectivity index (χ1) is 14.4. The lowest BCUT2D eigenvalue weighted by molar-refractivity contribution is 0.164. The predicted octanol–water partition coefficient (Wildman–Crippen LogP) is 3.10. The van der Waals surface area contributed by atoms with Crippen molar-refractivity contribution in [2.24, 2.45) is 22.7 Å². The predicted molar refractivity (Wildman–Crippen MR) is 123 cm³/mol. The van der Waals surface area contributed by atoms with Crippen LogP contribution < -0.4 is 10.6 Å². The van der Waals surface area contributed by atoms with Gasteiger partial charge in [0.05, 0.1) is 12.2 Å². The van der Waals surface area contributed by atoms with Crippen LogP contribution in [0.25, 0.3) is 0 Å². The third kappa shape index (κ3) is 8.64. The molecule has 1 aliphatic heterocycles. The number of oxazole rings is 1. The van der Waals surface area contributed by atoms with Crippen LogP contribution in [0.3, 0.4) is 0 Å². The first-order valence-electron chi connectivity index (χ1n) is 11.7. The lowest BCUT2D eigenvalue weighted by atomic mass is 9.94. The largest absolute Gasteiger partial charge is 0.444 e. The second-order valence-corrected chi connectivity index (χ2v) is 9.08. The Kier molecular flexibility index (Phi) is 10.6. The van der Waals surface area contributed by atoms with Crippen molar-refractivity contribution < 1.29 is 9.52 Å². The van der Waals surface area contributed by atoms with Gasteiger partial charge in [0.2, 0.25) is 5.89 Å². The normalized spacial score (nSPS) is 17.5. The number of piperidine rings is 1. The van der Waals surface area contributed by atoms with Crippen LogP contribution in [-0.2, 0) is 6.54 Å². The van der Waals surface area contributed by atoms with Crippen LogP contribution in [0.2, 0.25) is 0 Å². The van der Waals surface area contributed by atoms with Gasteiger partial charge in [-0.05, 0) is 77.3 Å². The summed E-state index contributed by atoms with van der Waals surface area (Å²) in [6.45, 7) is 16.3. The number of aliphatic hydroxyl groups is 1. The number of rotatable bonds is 11. The van der Waals surface area contributed by atoms with Crippen LogP contribution in [0.15, 0.2) is 9.41 Å². The van der Waals surface area contributed by atoms with E-state index >= 15 is 0 Å². The molecule has 1 aromatic rings. The van der Waals surface area contributed by atoms with E-state index in [-0.39, 0.29) is 6.61 Å². The topological polar surface area (TPSA) is 85.9 Å². The van der Waals surface area contributed by atoms with Crippen LogP contribution in [0.4, 0.5) is 0 Å². The van der Waals surface area contributed by atoms with Gasteiger partial charge in [0.1, 0.15) is 5.76 Å². The molecule has 2 heterocycles. The maximum atomic E-state index is 9.33. The molecule has 1 aliphatic rings. The first kappa shape index (κ1) is 24.7.